The second-order valence-electron chi connectivity index (χ2n) is 5.59. The van der Waals surface area contributed by atoms with Crippen LogP contribution in [0, 0.1) is 6.92 Å². The van der Waals surface area contributed by atoms with Gasteiger partial charge in [0.2, 0.25) is 5.91 Å². The van der Waals surface area contributed by atoms with Gasteiger partial charge in [-0.25, -0.2) is 0 Å². The topological polar surface area (TPSA) is 32.3 Å². The van der Waals surface area contributed by atoms with Gasteiger partial charge in [-0.05, 0) is 50.9 Å². The normalized spacial score (nSPS) is 15.9. The molecule has 21 heavy (non-hydrogen) atoms. The summed E-state index contributed by atoms with van der Waals surface area (Å²) in [7, 11) is 0. The molecule has 0 aliphatic carbocycles. The summed E-state index contributed by atoms with van der Waals surface area (Å²) in [5.41, 5.74) is 2.51. The maximum Gasteiger partial charge on any atom is 0.232 e. The average Bonchev–Trinajstić information content (AvgIpc) is 2.53. The Hall–Kier alpha value is -1.00. The first-order valence-electron chi connectivity index (χ1n) is 7.85. The number of nitrogens with one attached hydrogen (secondary N) is 1. The molecule has 0 aromatic heterocycles. The van der Waals surface area contributed by atoms with Crippen molar-refractivity contribution in [1.82, 2.24) is 10.2 Å². The Morgan fingerprint density at radius 1 is 1.33 bits per heavy atom. The predicted octanol–water partition coefficient (Wildman–Crippen LogP) is 2.83. The lowest BCUT2D eigenvalue weighted by atomic mass is 10.1. The second-order valence-corrected chi connectivity index (χ2v) is 6.88. The van der Waals surface area contributed by atoms with Gasteiger partial charge in [0.05, 0.1) is 5.75 Å². The Kier molecular flexibility index (Phi) is 6.58. The first-order valence-corrected chi connectivity index (χ1v) is 8.90. The zero-order chi connectivity index (χ0) is 15.1. The number of hydrogen-bond acceptors (Lipinski definition) is 3. The van der Waals surface area contributed by atoms with E-state index in [2.05, 4.69) is 31.3 Å². The minimum absolute atomic E-state index is 0.268. The van der Waals surface area contributed by atoms with Gasteiger partial charge in [-0.2, -0.15) is 0 Å². The van der Waals surface area contributed by atoms with Gasteiger partial charge in [0, 0.05) is 18.3 Å². The van der Waals surface area contributed by atoms with Gasteiger partial charge in [-0.15, -0.1) is 11.8 Å². The number of amides is 1. The molecule has 4 heteroatoms. The summed E-state index contributed by atoms with van der Waals surface area (Å²) in [6.45, 7) is 7.86. The van der Waals surface area contributed by atoms with Crippen LogP contribution in [0.15, 0.2) is 24.3 Å². The van der Waals surface area contributed by atoms with Crippen LogP contribution in [-0.2, 0) is 11.3 Å². The van der Waals surface area contributed by atoms with Crippen molar-refractivity contribution in [3.63, 3.8) is 0 Å². The number of aryl methyl sites for hydroxylation is 1. The first kappa shape index (κ1) is 16.4. The summed E-state index contributed by atoms with van der Waals surface area (Å²) in [6.07, 6.45) is 2.36. The molecule has 1 N–H and O–H groups in total. The fourth-order valence-electron chi connectivity index (χ4n) is 2.61. The lowest BCUT2D eigenvalue weighted by Crippen LogP contribution is -2.34. The van der Waals surface area contributed by atoms with Crippen molar-refractivity contribution in [2.75, 3.05) is 25.4 Å². The van der Waals surface area contributed by atoms with E-state index in [1.807, 2.05) is 28.8 Å². The quantitative estimate of drug-likeness (QED) is 0.877. The van der Waals surface area contributed by atoms with Gasteiger partial charge < -0.3 is 10.2 Å². The molecule has 0 spiro atoms. The van der Waals surface area contributed by atoms with Crippen LogP contribution in [0.4, 0.5) is 0 Å². The Morgan fingerprint density at radius 3 is 2.71 bits per heavy atom. The van der Waals surface area contributed by atoms with Gasteiger partial charge in [-0.3, -0.25) is 4.79 Å². The van der Waals surface area contributed by atoms with Crippen LogP contribution >= 0.6 is 11.8 Å². The molecular formula is C17H26N2OS. The molecule has 0 atom stereocenters. The third kappa shape index (κ3) is 5.04. The fourth-order valence-corrected chi connectivity index (χ4v) is 3.74. The van der Waals surface area contributed by atoms with E-state index in [4.69, 9.17) is 0 Å². The van der Waals surface area contributed by atoms with Crippen molar-refractivity contribution in [3.8, 4) is 0 Å². The van der Waals surface area contributed by atoms with Crippen LogP contribution in [0.2, 0.25) is 0 Å². The number of thioether (sulfide) groups is 1. The van der Waals surface area contributed by atoms with Crippen molar-refractivity contribution in [3.05, 3.63) is 35.4 Å². The van der Waals surface area contributed by atoms with Crippen molar-refractivity contribution >= 4 is 17.7 Å². The van der Waals surface area contributed by atoms with Crippen LogP contribution < -0.4 is 5.32 Å². The van der Waals surface area contributed by atoms with Crippen molar-refractivity contribution in [2.24, 2.45) is 0 Å². The lowest BCUT2D eigenvalue weighted by molar-refractivity contribution is -0.128. The smallest absolute Gasteiger partial charge is 0.232 e. The largest absolute Gasteiger partial charge is 0.338 e. The van der Waals surface area contributed by atoms with E-state index in [1.54, 1.807) is 0 Å². The summed E-state index contributed by atoms with van der Waals surface area (Å²) >= 11 is 1.83. The third-order valence-electron chi connectivity index (χ3n) is 4.09. The molecule has 2 rings (SSSR count). The van der Waals surface area contributed by atoms with Crippen LogP contribution in [0.3, 0.4) is 0 Å². The summed E-state index contributed by atoms with van der Waals surface area (Å²) in [4.78, 5) is 14.4. The highest BCUT2D eigenvalue weighted by atomic mass is 32.2. The van der Waals surface area contributed by atoms with Crippen LogP contribution in [-0.4, -0.2) is 41.4 Å². The molecule has 0 saturated carbocycles. The number of nitrogens with zero attached hydrogens (tertiary/aromatic N) is 1. The molecule has 0 unspecified atom stereocenters. The van der Waals surface area contributed by atoms with Crippen molar-refractivity contribution in [2.45, 2.75) is 38.5 Å². The molecule has 1 aromatic carbocycles. The number of carbonyl (C=O) groups is 1. The number of rotatable bonds is 6. The molecule has 1 amide bonds. The van der Waals surface area contributed by atoms with E-state index in [-0.39, 0.29) is 5.91 Å². The van der Waals surface area contributed by atoms with Crippen molar-refractivity contribution < 1.29 is 4.79 Å². The monoisotopic (exact) mass is 306 g/mol. The molecule has 1 aliphatic heterocycles. The average molecular weight is 306 g/mol. The highest BCUT2D eigenvalue weighted by molar-refractivity contribution is 8.00. The number of benzene rings is 1. The molecule has 116 valence electrons. The van der Waals surface area contributed by atoms with Gasteiger partial charge in [0.15, 0.2) is 0 Å². The Balaban J connectivity index is 1.85. The molecule has 1 aromatic rings. The Morgan fingerprint density at radius 2 is 2.05 bits per heavy atom. The molecule has 1 fully saturated rings. The van der Waals surface area contributed by atoms with Gasteiger partial charge in [0.1, 0.15) is 0 Å². The van der Waals surface area contributed by atoms with Crippen LogP contribution in [0.25, 0.3) is 0 Å². The highest BCUT2D eigenvalue weighted by Crippen LogP contribution is 2.21. The highest BCUT2D eigenvalue weighted by Gasteiger charge is 2.18. The summed E-state index contributed by atoms with van der Waals surface area (Å²) in [5.74, 6) is 0.883. The Bertz CT molecular complexity index is 458. The third-order valence-corrected chi connectivity index (χ3v) is 5.44. The molecule has 0 bridgehead atoms. The minimum Gasteiger partial charge on any atom is -0.338 e. The van der Waals surface area contributed by atoms with E-state index >= 15 is 0 Å². The minimum atomic E-state index is 0.268. The fraction of sp³-hybridized carbons (Fsp3) is 0.588. The van der Waals surface area contributed by atoms with E-state index in [9.17, 15) is 4.79 Å². The zero-order valence-corrected chi connectivity index (χ0v) is 13.9. The van der Waals surface area contributed by atoms with Gasteiger partial charge in [-0.1, -0.05) is 24.3 Å². The summed E-state index contributed by atoms with van der Waals surface area (Å²) in [5, 5.41) is 4.01. The molecular weight excluding hydrogens is 280 g/mol. The van der Waals surface area contributed by atoms with Crippen molar-refractivity contribution in [1.29, 1.82) is 0 Å². The standard InChI is InChI=1S/C17H26N2OS/c1-3-19(12-15-7-5-4-6-14(15)2)17(20)13-21-16-8-10-18-11-9-16/h4-7,16,18H,3,8-13H2,1-2H3. The number of carbonyl (C=O) groups excluding carboxylic acids is 1. The van der Waals surface area contributed by atoms with E-state index in [0.717, 1.165) is 26.2 Å². The molecule has 1 heterocycles. The van der Waals surface area contributed by atoms with E-state index < -0.39 is 0 Å². The first-order chi connectivity index (χ1) is 10.2. The van der Waals surface area contributed by atoms with Crippen LogP contribution in [0.5, 0.6) is 0 Å². The molecule has 0 radical (unpaired) electrons. The maximum atomic E-state index is 12.4. The number of piperidine rings is 1. The lowest BCUT2D eigenvalue weighted by Gasteiger charge is -2.25. The Labute approximate surface area is 132 Å². The van der Waals surface area contributed by atoms with Gasteiger partial charge >= 0.3 is 0 Å². The van der Waals surface area contributed by atoms with E-state index in [1.165, 1.54) is 24.0 Å². The zero-order valence-electron chi connectivity index (χ0n) is 13.1. The maximum absolute atomic E-state index is 12.4. The molecule has 3 nitrogen and oxygen atoms in total. The van der Waals surface area contributed by atoms with Crippen LogP contribution in [0.1, 0.15) is 30.9 Å². The van der Waals surface area contributed by atoms with Gasteiger partial charge in [0.25, 0.3) is 0 Å². The second kappa shape index (κ2) is 8.44. The summed E-state index contributed by atoms with van der Waals surface area (Å²) < 4.78 is 0. The van der Waals surface area contributed by atoms with E-state index in [0.29, 0.717) is 11.0 Å². The summed E-state index contributed by atoms with van der Waals surface area (Å²) in [6, 6.07) is 8.32. The molecule has 1 saturated heterocycles. The predicted molar refractivity (Wildman–Crippen MR) is 90.6 cm³/mol. The molecule has 1 aliphatic rings. The number of hydrogen-bond donors (Lipinski definition) is 1. The SMILES string of the molecule is CCN(Cc1ccccc1C)C(=O)CSC1CCNCC1.